The van der Waals surface area contributed by atoms with Gasteiger partial charge in [-0.2, -0.15) is 0 Å². The first-order valence-electron chi connectivity index (χ1n) is 7.36. The van der Waals surface area contributed by atoms with Crippen LogP contribution in [0.25, 0.3) is 0 Å². The number of hydrogen-bond acceptors (Lipinski definition) is 4. The van der Waals surface area contributed by atoms with E-state index in [1.165, 1.54) is 7.11 Å². The first-order valence-corrected chi connectivity index (χ1v) is 7.36. The molecule has 1 aromatic carbocycles. The standard InChI is InChI=1S/C17H19NO4/c1-3-4-7-10-18-17(21)13-14(19)11-8-5-6-9-12(11)15(20)16(13)22-2/h5-6,8-9H,3-4,7,10H2,1-2H3,(H,18,21). The summed E-state index contributed by atoms with van der Waals surface area (Å²) in [5.41, 5.74) is 0.307. The molecule has 0 fully saturated rings. The Kier molecular flexibility index (Phi) is 5.09. The first kappa shape index (κ1) is 15.9. The molecule has 0 spiro atoms. The number of fused-ring (bicyclic) bond motifs is 1. The molecule has 5 heteroatoms. The molecule has 116 valence electrons. The van der Waals surface area contributed by atoms with Gasteiger partial charge in [0.2, 0.25) is 11.6 Å². The summed E-state index contributed by atoms with van der Waals surface area (Å²) in [4.78, 5) is 37.2. The number of methoxy groups -OCH3 is 1. The summed E-state index contributed by atoms with van der Waals surface area (Å²) in [5.74, 6) is -1.64. The Balaban J connectivity index is 2.30. The van der Waals surface area contributed by atoms with Crippen LogP contribution in [0.1, 0.15) is 46.9 Å². The van der Waals surface area contributed by atoms with Crippen LogP contribution in [0.3, 0.4) is 0 Å². The topological polar surface area (TPSA) is 72.5 Å². The van der Waals surface area contributed by atoms with E-state index in [2.05, 4.69) is 12.2 Å². The van der Waals surface area contributed by atoms with E-state index >= 15 is 0 Å². The van der Waals surface area contributed by atoms with Crippen LogP contribution in [0.15, 0.2) is 35.6 Å². The summed E-state index contributed by atoms with van der Waals surface area (Å²) < 4.78 is 5.04. The molecule has 0 aromatic heterocycles. The molecule has 0 radical (unpaired) electrons. The van der Waals surface area contributed by atoms with Crippen molar-refractivity contribution in [1.29, 1.82) is 0 Å². The third kappa shape index (κ3) is 2.93. The Labute approximate surface area is 129 Å². The monoisotopic (exact) mass is 301 g/mol. The number of hydrogen-bond donors (Lipinski definition) is 1. The van der Waals surface area contributed by atoms with Gasteiger partial charge in [0.1, 0.15) is 5.57 Å². The molecule has 5 nitrogen and oxygen atoms in total. The van der Waals surface area contributed by atoms with Crippen molar-refractivity contribution in [3.8, 4) is 0 Å². The fourth-order valence-electron chi connectivity index (χ4n) is 2.42. The lowest BCUT2D eigenvalue weighted by Crippen LogP contribution is -2.35. The molecule has 1 amide bonds. The molecular formula is C17H19NO4. The summed E-state index contributed by atoms with van der Waals surface area (Å²) >= 11 is 0. The van der Waals surface area contributed by atoms with Gasteiger partial charge in [0, 0.05) is 17.7 Å². The number of benzene rings is 1. The molecule has 0 bridgehead atoms. The number of Topliss-reactive ketones (excluding diaryl/α,β-unsaturated/α-hetero) is 2. The summed E-state index contributed by atoms with van der Waals surface area (Å²) in [6.45, 7) is 2.53. The summed E-state index contributed by atoms with van der Waals surface area (Å²) in [7, 11) is 1.29. The molecule has 0 heterocycles. The van der Waals surface area contributed by atoms with Crippen molar-refractivity contribution in [1.82, 2.24) is 5.32 Å². The number of carbonyl (C=O) groups is 3. The van der Waals surface area contributed by atoms with Gasteiger partial charge in [0.05, 0.1) is 7.11 Å². The van der Waals surface area contributed by atoms with E-state index in [1.54, 1.807) is 24.3 Å². The van der Waals surface area contributed by atoms with Gasteiger partial charge in [0.25, 0.3) is 5.91 Å². The average molecular weight is 301 g/mol. The summed E-state index contributed by atoms with van der Waals surface area (Å²) in [6.07, 6.45) is 2.86. The van der Waals surface area contributed by atoms with Crippen LogP contribution in [-0.4, -0.2) is 31.1 Å². The zero-order chi connectivity index (χ0) is 16.1. The molecule has 1 aliphatic carbocycles. The minimum atomic E-state index is -0.555. The van der Waals surface area contributed by atoms with E-state index < -0.39 is 17.5 Å². The largest absolute Gasteiger partial charge is 0.492 e. The Morgan fingerprint density at radius 3 is 2.32 bits per heavy atom. The van der Waals surface area contributed by atoms with Crippen molar-refractivity contribution < 1.29 is 19.1 Å². The Hall–Kier alpha value is -2.43. The molecular weight excluding hydrogens is 282 g/mol. The predicted octanol–water partition coefficient (Wildman–Crippen LogP) is 2.27. The molecule has 1 aromatic rings. The van der Waals surface area contributed by atoms with Crippen LogP contribution < -0.4 is 5.32 Å². The van der Waals surface area contributed by atoms with E-state index in [9.17, 15) is 14.4 Å². The fourth-order valence-corrected chi connectivity index (χ4v) is 2.42. The summed E-state index contributed by atoms with van der Waals surface area (Å²) in [5, 5.41) is 2.68. The predicted molar refractivity (Wildman–Crippen MR) is 81.7 cm³/mol. The number of carbonyl (C=O) groups excluding carboxylic acids is 3. The van der Waals surface area contributed by atoms with Crippen molar-refractivity contribution in [3.05, 3.63) is 46.7 Å². The minimum absolute atomic E-state index is 0.184. The van der Waals surface area contributed by atoms with E-state index in [-0.39, 0.29) is 22.5 Å². The average Bonchev–Trinajstić information content (AvgIpc) is 2.54. The van der Waals surface area contributed by atoms with Crippen molar-refractivity contribution in [2.45, 2.75) is 26.2 Å². The molecule has 0 unspecified atom stereocenters. The second kappa shape index (κ2) is 7.02. The smallest absolute Gasteiger partial charge is 0.259 e. The minimum Gasteiger partial charge on any atom is -0.492 e. The number of ketones is 2. The number of ether oxygens (including phenoxy) is 1. The van der Waals surface area contributed by atoms with Crippen LogP contribution in [0.5, 0.6) is 0 Å². The molecule has 0 saturated carbocycles. The van der Waals surface area contributed by atoms with Crippen molar-refractivity contribution in [3.63, 3.8) is 0 Å². The second-order valence-electron chi connectivity index (χ2n) is 5.08. The highest BCUT2D eigenvalue weighted by molar-refractivity contribution is 6.35. The maximum atomic E-state index is 12.5. The SMILES string of the molecule is CCCCCNC(=O)C1=C(OC)C(=O)c2ccccc2C1=O. The van der Waals surface area contributed by atoms with Gasteiger partial charge in [-0.25, -0.2) is 0 Å². The van der Waals surface area contributed by atoms with Gasteiger partial charge < -0.3 is 10.1 Å². The molecule has 2 rings (SSSR count). The fraction of sp³-hybridized carbons (Fsp3) is 0.353. The lowest BCUT2D eigenvalue weighted by molar-refractivity contribution is -0.117. The van der Waals surface area contributed by atoms with Crippen LogP contribution >= 0.6 is 0 Å². The van der Waals surface area contributed by atoms with Crippen molar-refractivity contribution in [2.24, 2.45) is 0 Å². The molecule has 22 heavy (non-hydrogen) atoms. The number of unbranched alkanes of at least 4 members (excludes halogenated alkanes) is 2. The van der Waals surface area contributed by atoms with Crippen LogP contribution in [0.2, 0.25) is 0 Å². The van der Waals surface area contributed by atoms with Crippen LogP contribution in [0, 0.1) is 0 Å². The van der Waals surface area contributed by atoms with Gasteiger partial charge in [0.15, 0.2) is 5.76 Å². The van der Waals surface area contributed by atoms with Crippen LogP contribution in [-0.2, 0) is 9.53 Å². The van der Waals surface area contributed by atoms with Gasteiger partial charge in [-0.05, 0) is 6.42 Å². The molecule has 0 atom stereocenters. The Morgan fingerprint density at radius 1 is 1.09 bits per heavy atom. The van der Waals surface area contributed by atoms with Crippen molar-refractivity contribution in [2.75, 3.05) is 13.7 Å². The number of amides is 1. The zero-order valence-corrected chi connectivity index (χ0v) is 12.8. The van der Waals surface area contributed by atoms with E-state index in [0.717, 1.165) is 19.3 Å². The number of rotatable bonds is 6. The Morgan fingerprint density at radius 2 is 1.73 bits per heavy atom. The van der Waals surface area contributed by atoms with Crippen molar-refractivity contribution >= 4 is 17.5 Å². The third-order valence-corrected chi connectivity index (χ3v) is 3.57. The molecule has 1 aliphatic rings. The lowest BCUT2D eigenvalue weighted by atomic mass is 9.87. The molecule has 0 aliphatic heterocycles. The lowest BCUT2D eigenvalue weighted by Gasteiger charge is -2.19. The zero-order valence-electron chi connectivity index (χ0n) is 12.8. The highest BCUT2D eigenvalue weighted by Crippen LogP contribution is 2.26. The van der Waals surface area contributed by atoms with E-state index in [1.807, 2.05) is 0 Å². The van der Waals surface area contributed by atoms with Gasteiger partial charge in [-0.15, -0.1) is 0 Å². The van der Waals surface area contributed by atoms with E-state index in [0.29, 0.717) is 6.54 Å². The van der Waals surface area contributed by atoms with Gasteiger partial charge in [-0.1, -0.05) is 44.0 Å². The normalized spacial score (nSPS) is 13.9. The Bertz CT molecular complexity index is 646. The number of nitrogens with one attached hydrogen (secondary N) is 1. The third-order valence-electron chi connectivity index (χ3n) is 3.57. The van der Waals surface area contributed by atoms with Gasteiger partial charge in [-0.3, -0.25) is 14.4 Å². The second-order valence-corrected chi connectivity index (χ2v) is 5.08. The van der Waals surface area contributed by atoms with Crippen LogP contribution in [0.4, 0.5) is 0 Å². The quantitative estimate of drug-likeness (QED) is 0.646. The maximum Gasteiger partial charge on any atom is 0.259 e. The maximum absolute atomic E-state index is 12.5. The van der Waals surface area contributed by atoms with Gasteiger partial charge >= 0.3 is 0 Å². The molecule has 0 saturated heterocycles. The molecule has 1 N–H and O–H groups in total. The first-order chi connectivity index (χ1) is 10.6. The highest BCUT2D eigenvalue weighted by atomic mass is 16.5. The van der Waals surface area contributed by atoms with E-state index in [4.69, 9.17) is 4.74 Å². The summed E-state index contributed by atoms with van der Waals surface area (Å²) in [6, 6.07) is 6.45. The number of allylic oxidation sites excluding steroid dienone is 1. The highest BCUT2D eigenvalue weighted by Gasteiger charge is 2.36.